The molecule has 0 spiro atoms. The van der Waals surface area contributed by atoms with Crippen molar-refractivity contribution >= 4 is 125 Å². The molecule has 8 aromatic carbocycles. The summed E-state index contributed by atoms with van der Waals surface area (Å²) in [6.45, 7) is 22.1. The minimum absolute atomic E-state index is 0.574. The van der Waals surface area contributed by atoms with Crippen LogP contribution in [0.15, 0.2) is 151 Å². The molecule has 6 heterocycles. The molecule has 0 fully saturated rings. The smallest absolute Gasteiger partial charge is 0.404 e. The van der Waals surface area contributed by atoms with Crippen molar-refractivity contribution in [1.82, 2.24) is 8.47 Å². The van der Waals surface area contributed by atoms with Crippen LogP contribution in [-0.2, 0) is 8.23 Å². The van der Waals surface area contributed by atoms with Crippen molar-refractivity contribution in [1.29, 1.82) is 0 Å². The molecule has 10 nitrogen and oxygen atoms in total. The van der Waals surface area contributed by atoms with Gasteiger partial charge in [0.15, 0.2) is 40.0 Å². The number of aromatic nitrogens is 2. The van der Waals surface area contributed by atoms with Crippen molar-refractivity contribution in [3.8, 4) is 0 Å². The molecule has 346 valence electrons. The van der Waals surface area contributed by atoms with Crippen molar-refractivity contribution in [3.63, 3.8) is 0 Å². The Hall–Kier alpha value is -7.27. The van der Waals surface area contributed by atoms with Crippen LogP contribution < -0.4 is 11.0 Å². The summed E-state index contributed by atoms with van der Waals surface area (Å²) in [4.78, 5) is 34.3. The molecule has 0 saturated heterocycles. The first-order valence-corrected chi connectivity index (χ1v) is 32.9. The lowest BCUT2D eigenvalue weighted by atomic mass is 9.99. The van der Waals surface area contributed by atoms with Crippen molar-refractivity contribution in [2.75, 3.05) is 0 Å². The molecule has 14 rings (SSSR count). The molecule has 10 aromatic rings. The van der Waals surface area contributed by atoms with E-state index in [0.29, 0.717) is 46.0 Å². The van der Waals surface area contributed by atoms with E-state index in [0.717, 1.165) is 86.9 Å². The minimum Gasteiger partial charge on any atom is -0.404 e. The second-order valence-electron chi connectivity index (χ2n) is 21.9. The van der Waals surface area contributed by atoms with E-state index >= 15 is 0 Å². The maximum Gasteiger partial charge on any atom is 0.582 e. The van der Waals surface area contributed by atoms with Gasteiger partial charge in [-0.2, -0.15) is 0 Å². The quantitative estimate of drug-likeness (QED) is 0.164. The van der Waals surface area contributed by atoms with Crippen LogP contribution in [0, 0.1) is 27.7 Å². The second kappa shape index (κ2) is 14.4. The topological polar surface area (TPSA) is 102 Å². The van der Waals surface area contributed by atoms with Crippen LogP contribution in [0.5, 0.6) is 0 Å². The Kier molecular flexibility index (Phi) is 8.65. The molecule has 71 heavy (non-hydrogen) atoms. The average molecular weight is 975 g/mol. The van der Waals surface area contributed by atoms with Crippen LogP contribution in [0.1, 0.15) is 44.5 Å². The van der Waals surface area contributed by atoms with Gasteiger partial charge in [0.25, 0.3) is 0 Å². The van der Waals surface area contributed by atoms with E-state index in [-0.39, 0.29) is 0 Å². The summed E-state index contributed by atoms with van der Waals surface area (Å²) in [7, 11) is -9.64. The van der Waals surface area contributed by atoms with Gasteiger partial charge < -0.3 is 8.23 Å². The highest BCUT2D eigenvalue weighted by Gasteiger charge is 2.56. The number of rotatable bonds is 4. The molecule has 6 bridgehead atoms. The number of fused-ring (bicyclic) bond motifs is 18. The number of aliphatic imine (C=N–C) groups is 4. The zero-order chi connectivity index (χ0) is 48.6. The normalized spacial score (nSPS) is 18.1. The summed E-state index contributed by atoms with van der Waals surface area (Å²) in [5.74, 6) is 3.62. The predicted octanol–water partition coefficient (Wildman–Crippen LogP) is 12.9. The Balaban J connectivity index is 1.29. The third-order valence-electron chi connectivity index (χ3n) is 14.0. The molecular formula is C58H50N8O2Si3. The lowest BCUT2D eigenvalue weighted by molar-refractivity contribution is 0.340. The summed E-state index contributed by atoms with van der Waals surface area (Å²) in [6.07, 6.45) is 0. The molecule has 13 heteroatoms. The van der Waals surface area contributed by atoms with Crippen LogP contribution >= 0.6 is 0 Å². The molecule has 0 saturated carbocycles. The van der Waals surface area contributed by atoms with Gasteiger partial charge in [0.1, 0.15) is 22.6 Å². The Morgan fingerprint density at radius 1 is 0.338 bits per heavy atom. The second-order valence-corrected chi connectivity index (χ2v) is 34.0. The molecule has 0 aliphatic carbocycles. The van der Waals surface area contributed by atoms with Crippen LogP contribution in [0.2, 0.25) is 39.3 Å². The highest BCUT2D eigenvalue weighted by molar-refractivity contribution is 6.87. The fourth-order valence-electron chi connectivity index (χ4n) is 11.1. The Morgan fingerprint density at radius 3 is 1.04 bits per heavy atom. The van der Waals surface area contributed by atoms with Crippen molar-refractivity contribution < 1.29 is 8.23 Å². The number of hydrogen-bond acceptors (Lipinski definition) is 8. The molecule has 0 amide bonds. The van der Waals surface area contributed by atoms with E-state index in [9.17, 15) is 0 Å². The molecular weight excluding hydrogens is 925 g/mol. The van der Waals surface area contributed by atoms with E-state index < -0.39 is 25.5 Å². The third-order valence-corrected chi connectivity index (χ3v) is 23.0. The summed E-state index contributed by atoms with van der Waals surface area (Å²) in [6, 6.07) is 44.4. The summed E-state index contributed by atoms with van der Waals surface area (Å²) in [5, 5.41) is 12.5. The standard InChI is InChI=1S/C58H50N8O2Si3/c1-31-11-15-35-23-43-45(27-39(35)19-31)53-59-51(43)61-55-47-25-37-17-13-34(4)22-42(37)30-50(47)58-64-54-46-28-40-20-32(2)12-16-36(40)24-44(46)52(60-54)62-57-49-29-41-21-33(3)14-18-38(41)26-48(49)56(63-53)66(57)71(65(55)58,67-69(5,6)7)68-70(8,9)10/h11-30H,1-10H3/b61-51?,61-55-,62-52-,62-57?,63-53-,63-56?,64-54?,64-58-. The maximum atomic E-state index is 8.14. The first-order valence-electron chi connectivity index (χ1n) is 24.4. The highest BCUT2D eigenvalue weighted by atomic mass is 28.5. The van der Waals surface area contributed by atoms with E-state index in [2.05, 4.69) is 197 Å². The summed E-state index contributed by atoms with van der Waals surface area (Å²) >= 11 is 0. The van der Waals surface area contributed by atoms with Gasteiger partial charge in [0, 0.05) is 43.8 Å². The van der Waals surface area contributed by atoms with Crippen molar-refractivity contribution in [2.24, 2.45) is 30.0 Å². The number of aryl methyl sites for hydroxylation is 4. The Labute approximate surface area is 413 Å². The Morgan fingerprint density at radius 2 is 0.648 bits per heavy atom. The van der Waals surface area contributed by atoms with E-state index in [1.807, 2.05) is 0 Å². The van der Waals surface area contributed by atoms with Crippen LogP contribution in [-0.4, -0.2) is 57.3 Å². The van der Waals surface area contributed by atoms with Gasteiger partial charge >= 0.3 is 8.88 Å². The predicted molar refractivity (Wildman–Crippen MR) is 299 cm³/mol. The van der Waals surface area contributed by atoms with Crippen LogP contribution in [0.3, 0.4) is 0 Å². The largest absolute Gasteiger partial charge is 0.582 e. The zero-order valence-corrected chi connectivity index (χ0v) is 44.4. The van der Waals surface area contributed by atoms with Gasteiger partial charge in [0.05, 0.1) is 0 Å². The minimum atomic E-state index is -4.32. The van der Waals surface area contributed by atoms with Crippen LogP contribution in [0.25, 0.3) is 64.6 Å². The van der Waals surface area contributed by atoms with Gasteiger partial charge in [-0.1, -0.05) is 95.1 Å². The molecule has 0 radical (unpaired) electrons. The van der Waals surface area contributed by atoms with Gasteiger partial charge in [-0.15, -0.1) is 0 Å². The SMILES string of the molecule is Cc1ccc2cc3c(cc2c1)C1=NC/3=N\c2c3cc4cc(C)ccc4cc3c3n2[Si](O[Si](C)(C)C)(O[Si](C)(C)C)n2/c(c4cc5ccc(C)cc5cc4/c2=N/1)=N\C1=NC(=N\3)/c2cc3cc(C)ccc3cc21. The number of benzene rings is 8. The molecule has 0 atom stereocenters. The Bertz CT molecular complexity index is 4410. The number of nitrogens with zero attached hydrogens (tertiary/aromatic N) is 8. The van der Waals surface area contributed by atoms with E-state index in [1.165, 1.54) is 22.3 Å². The molecule has 2 aromatic heterocycles. The number of hydrogen-bond donors (Lipinski definition) is 0. The van der Waals surface area contributed by atoms with Gasteiger partial charge in [-0.05, 0) is 159 Å². The van der Waals surface area contributed by atoms with Gasteiger partial charge in [0.2, 0.25) is 0 Å². The lowest BCUT2D eigenvalue weighted by Crippen LogP contribution is -2.69. The summed E-state index contributed by atoms with van der Waals surface area (Å²) in [5.41, 5.74) is 9.68. The van der Waals surface area contributed by atoms with Crippen molar-refractivity contribution in [2.45, 2.75) is 67.0 Å². The fraction of sp³-hybridized carbons (Fsp3) is 0.172. The first kappa shape index (κ1) is 42.6. The molecule has 0 N–H and O–H groups in total. The van der Waals surface area contributed by atoms with Gasteiger partial charge in [-0.3, -0.25) is 8.47 Å². The molecule has 4 aliphatic heterocycles. The maximum absolute atomic E-state index is 8.14. The average Bonchev–Trinajstić information content (AvgIpc) is 3.99. The van der Waals surface area contributed by atoms with Crippen LogP contribution in [0.4, 0.5) is 11.6 Å². The summed E-state index contributed by atoms with van der Waals surface area (Å²) < 4.78 is 20.8. The van der Waals surface area contributed by atoms with E-state index in [1.54, 1.807) is 0 Å². The fourth-order valence-corrected chi connectivity index (χ4v) is 21.4. The highest BCUT2D eigenvalue weighted by Crippen LogP contribution is 2.47. The van der Waals surface area contributed by atoms with Crippen molar-refractivity contribution in [3.05, 3.63) is 177 Å². The molecule has 0 unspecified atom stereocenters. The lowest BCUT2D eigenvalue weighted by Gasteiger charge is -2.41. The zero-order valence-electron chi connectivity index (χ0n) is 41.4. The molecule has 4 aliphatic rings. The van der Waals surface area contributed by atoms with Gasteiger partial charge in [-0.25, -0.2) is 30.0 Å². The first-order chi connectivity index (χ1) is 33.9. The number of amidine groups is 4. The third kappa shape index (κ3) is 6.50. The van der Waals surface area contributed by atoms with E-state index in [4.69, 9.17) is 38.2 Å². The monoisotopic (exact) mass is 974 g/mol.